The Morgan fingerprint density at radius 3 is 2.84 bits per heavy atom. The summed E-state index contributed by atoms with van der Waals surface area (Å²) in [5, 5.41) is 1.14. The molecule has 19 heavy (non-hydrogen) atoms. The first-order chi connectivity index (χ1) is 9.24. The number of hydrogen-bond donors (Lipinski definition) is 1. The van der Waals surface area contributed by atoms with E-state index < -0.39 is 0 Å². The molecule has 6 heteroatoms. The maximum Gasteiger partial charge on any atom is 0.247 e. The predicted octanol–water partition coefficient (Wildman–Crippen LogP) is 3.05. The summed E-state index contributed by atoms with van der Waals surface area (Å²) in [4.78, 5) is 12.0. The van der Waals surface area contributed by atoms with Gasteiger partial charge in [-0.2, -0.15) is 4.98 Å². The molecular formula is C13H9ClN4O. The van der Waals surface area contributed by atoms with Gasteiger partial charge in [0.05, 0.1) is 11.7 Å². The molecule has 0 aliphatic carbocycles. The number of hydrogen-bond acceptors (Lipinski definition) is 5. The van der Waals surface area contributed by atoms with Crippen molar-refractivity contribution >= 4 is 28.2 Å². The first-order valence-electron chi connectivity index (χ1n) is 5.52. The first-order valence-corrected chi connectivity index (χ1v) is 5.90. The van der Waals surface area contributed by atoms with E-state index in [4.69, 9.17) is 22.1 Å². The Labute approximate surface area is 114 Å². The zero-order valence-electron chi connectivity index (χ0n) is 9.75. The standard InChI is InChI=1S/C13H9ClN4O/c14-12-11(15)13(18-7-17-12)19-9-5-8-3-1-2-4-10(8)16-6-9/h1-7H,15H2. The van der Waals surface area contributed by atoms with E-state index in [0.717, 1.165) is 10.9 Å². The Morgan fingerprint density at radius 1 is 1.11 bits per heavy atom. The minimum atomic E-state index is 0.166. The van der Waals surface area contributed by atoms with Crippen molar-refractivity contribution in [1.82, 2.24) is 15.0 Å². The highest BCUT2D eigenvalue weighted by atomic mass is 35.5. The second kappa shape index (κ2) is 4.70. The number of pyridine rings is 1. The SMILES string of the molecule is Nc1c(Cl)ncnc1Oc1cnc2ccccc2c1. The summed E-state index contributed by atoms with van der Waals surface area (Å²) in [7, 11) is 0. The molecule has 0 spiro atoms. The summed E-state index contributed by atoms with van der Waals surface area (Å²) < 4.78 is 5.58. The van der Waals surface area contributed by atoms with E-state index >= 15 is 0 Å². The molecule has 0 amide bonds. The number of anilines is 1. The van der Waals surface area contributed by atoms with E-state index in [-0.39, 0.29) is 16.7 Å². The van der Waals surface area contributed by atoms with Gasteiger partial charge in [-0.25, -0.2) is 4.98 Å². The molecule has 2 aromatic heterocycles. The normalized spacial score (nSPS) is 10.6. The summed E-state index contributed by atoms with van der Waals surface area (Å²) in [6.07, 6.45) is 2.90. The Kier molecular flexibility index (Phi) is 2.89. The maximum absolute atomic E-state index is 5.80. The molecule has 2 N–H and O–H groups in total. The number of ether oxygens (including phenoxy) is 1. The fourth-order valence-electron chi connectivity index (χ4n) is 1.66. The topological polar surface area (TPSA) is 73.9 Å². The lowest BCUT2D eigenvalue weighted by atomic mass is 10.2. The van der Waals surface area contributed by atoms with Gasteiger partial charge in [0.25, 0.3) is 0 Å². The van der Waals surface area contributed by atoms with Crippen LogP contribution in [-0.2, 0) is 0 Å². The molecule has 0 fully saturated rings. The lowest BCUT2D eigenvalue weighted by Crippen LogP contribution is -1.97. The van der Waals surface area contributed by atoms with Crippen molar-refractivity contribution < 1.29 is 4.74 Å². The quantitative estimate of drug-likeness (QED) is 0.726. The van der Waals surface area contributed by atoms with Gasteiger partial charge in [-0.15, -0.1) is 0 Å². The van der Waals surface area contributed by atoms with Crippen molar-refractivity contribution in [3.63, 3.8) is 0 Å². The second-order valence-corrected chi connectivity index (χ2v) is 4.21. The highest BCUT2D eigenvalue weighted by molar-refractivity contribution is 6.32. The number of halogens is 1. The van der Waals surface area contributed by atoms with Gasteiger partial charge < -0.3 is 10.5 Å². The zero-order chi connectivity index (χ0) is 13.2. The highest BCUT2D eigenvalue weighted by Gasteiger charge is 2.09. The Hall–Kier alpha value is -2.40. The first kappa shape index (κ1) is 11.7. The molecule has 2 heterocycles. The van der Waals surface area contributed by atoms with Gasteiger partial charge in [0.1, 0.15) is 17.8 Å². The summed E-state index contributed by atoms with van der Waals surface area (Å²) >= 11 is 5.80. The largest absolute Gasteiger partial charge is 0.435 e. The van der Waals surface area contributed by atoms with Crippen LogP contribution in [0.4, 0.5) is 5.69 Å². The number of rotatable bonds is 2. The molecule has 5 nitrogen and oxygen atoms in total. The van der Waals surface area contributed by atoms with Gasteiger partial charge in [-0.3, -0.25) is 4.98 Å². The Bertz CT molecular complexity index is 748. The van der Waals surface area contributed by atoms with Crippen molar-refractivity contribution in [2.45, 2.75) is 0 Å². The molecule has 3 aromatic rings. The molecule has 0 radical (unpaired) electrons. The monoisotopic (exact) mass is 272 g/mol. The van der Waals surface area contributed by atoms with Gasteiger partial charge in [0.2, 0.25) is 5.88 Å². The molecule has 3 rings (SSSR count). The maximum atomic E-state index is 5.80. The van der Waals surface area contributed by atoms with Crippen LogP contribution in [0.25, 0.3) is 10.9 Å². The van der Waals surface area contributed by atoms with Gasteiger partial charge in [-0.05, 0) is 12.1 Å². The molecule has 0 atom stereocenters. The van der Waals surface area contributed by atoms with Crippen LogP contribution in [0.15, 0.2) is 42.9 Å². The zero-order valence-corrected chi connectivity index (χ0v) is 10.5. The van der Waals surface area contributed by atoms with Crippen molar-refractivity contribution in [1.29, 1.82) is 0 Å². The molecule has 0 saturated carbocycles. The Morgan fingerprint density at radius 2 is 1.95 bits per heavy atom. The molecule has 0 saturated heterocycles. The fraction of sp³-hybridized carbons (Fsp3) is 0. The second-order valence-electron chi connectivity index (χ2n) is 3.85. The fourth-order valence-corrected chi connectivity index (χ4v) is 1.78. The van der Waals surface area contributed by atoms with Crippen molar-refractivity contribution in [3.8, 4) is 11.6 Å². The van der Waals surface area contributed by atoms with Gasteiger partial charge >= 0.3 is 0 Å². The lowest BCUT2D eigenvalue weighted by Gasteiger charge is -2.07. The van der Waals surface area contributed by atoms with Crippen LogP contribution < -0.4 is 10.5 Å². The number of nitrogen functional groups attached to an aromatic ring is 1. The molecule has 1 aromatic carbocycles. The van der Waals surface area contributed by atoms with Crippen LogP contribution >= 0.6 is 11.6 Å². The van der Waals surface area contributed by atoms with E-state index in [0.29, 0.717) is 5.75 Å². The van der Waals surface area contributed by atoms with Crippen LogP contribution in [-0.4, -0.2) is 15.0 Å². The average Bonchev–Trinajstić information content (AvgIpc) is 2.44. The minimum absolute atomic E-state index is 0.166. The van der Waals surface area contributed by atoms with Gasteiger partial charge in [0.15, 0.2) is 5.15 Å². The minimum Gasteiger partial charge on any atom is -0.435 e. The van der Waals surface area contributed by atoms with E-state index in [1.807, 2.05) is 30.3 Å². The van der Waals surface area contributed by atoms with Crippen LogP contribution in [0.2, 0.25) is 5.15 Å². The molecule has 0 unspecified atom stereocenters. The van der Waals surface area contributed by atoms with Crippen molar-refractivity contribution in [2.75, 3.05) is 5.73 Å². The molecule has 0 aliphatic rings. The van der Waals surface area contributed by atoms with Crippen LogP contribution in [0.5, 0.6) is 11.6 Å². The average molecular weight is 273 g/mol. The number of nitrogens with zero attached hydrogens (tertiary/aromatic N) is 3. The summed E-state index contributed by atoms with van der Waals surface area (Å²) in [5.41, 5.74) is 6.84. The number of nitrogens with two attached hydrogens (primary N) is 1. The number of benzene rings is 1. The van der Waals surface area contributed by atoms with E-state index in [1.54, 1.807) is 6.20 Å². The van der Waals surface area contributed by atoms with Crippen LogP contribution in [0.1, 0.15) is 0 Å². The lowest BCUT2D eigenvalue weighted by molar-refractivity contribution is 0.463. The van der Waals surface area contributed by atoms with Crippen LogP contribution in [0.3, 0.4) is 0 Å². The molecule has 0 aliphatic heterocycles. The van der Waals surface area contributed by atoms with E-state index in [1.165, 1.54) is 6.33 Å². The van der Waals surface area contributed by atoms with Gasteiger partial charge in [0, 0.05) is 5.39 Å². The van der Waals surface area contributed by atoms with Gasteiger partial charge in [-0.1, -0.05) is 29.8 Å². The number of para-hydroxylation sites is 1. The molecule has 94 valence electrons. The molecule has 0 bridgehead atoms. The number of fused-ring (bicyclic) bond motifs is 1. The number of aromatic nitrogens is 3. The summed E-state index contributed by atoms with van der Waals surface area (Å²) in [6.45, 7) is 0. The third-order valence-corrected chi connectivity index (χ3v) is 2.88. The van der Waals surface area contributed by atoms with Crippen molar-refractivity contribution in [2.24, 2.45) is 0 Å². The van der Waals surface area contributed by atoms with E-state index in [2.05, 4.69) is 15.0 Å². The van der Waals surface area contributed by atoms with Crippen molar-refractivity contribution in [3.05, 3.63) is 48.0 Å². The molecular weight excluding hydrogens is 264 g/mol. The summed E-state index contributed by atoms with van der Waals surface area (Å²) in [6, 6.07) is 9.60. The smallest absolute Gasteiger partial charge is 0.247 e. The Balaban J connectivity index is 1.99. The van der Waals surface area contributed by atoms with E-state index in [9.17, 15) is 0 Å². The highest BCUT2D eigenvalue weighted by Crippen LogP contribution is 2.29. The summed E-state index contributed by atoms with van der Waals surface area (Å²) in [5.74, 6) is 0.761. The third-order valence-electron chi connectivity index (χ3n) is 2.58. The third kappa shape index (κ3) is 2.28. The predicted molar refractivity (Wildman–Crippen MR) is 73.3 cm³/mol. The van der Waals surface area contributed by atoms with Crippen LogP contribution in [0, 0.1) is 0 Å².